The van der Waals surface area contributed by atoms with Crippen LogP contribution in [0.15, 0.2) is 0 Å². The summed E-state index contributed by atoms with van der Waals surface area (Å²) in [4.78, 5) is 24.9. The fourth-order valence-electron chi connectivity index (χ4n) is 2.56. The lowest BCUT2D eigenvalue weighted by Gasteiger charge is -2.31. The maximum atomic E-state index is 11.9. The van der Waals surface area contributed by atoms with Crippen molar-refractivity contribution in [2.75, 3.05) is 20.2 Å². The number of hydrogen-bond donors (Lipinski definition) is 2. The number of urea groups is 1. The molecular formula is C15H29N3O3. The fraction of sp³-hybridized carbons (Fsp3) is 0.867. The Morgan fingerprint density at radius 1 is 1.29 bits per heavy atom. The third-order valence-corrected chi connectivity index (χ3v) is 3.88. The molecule has 3 amide bonds. The van der Waals surface area contributed by atoms with Gasteiger partial charge in [0.05, 0.1) is 7.11 Å². The number of nitrogens with one attached hydrogen (secondary N) is 2. The smallest absolute Gasteiger partial charge is 0.409 e. The molecule has 2 N–H and O–H groups in total. The van der Waals surface area contributed by atoms with Crippen LogP contribution in [-0.2, 0) is 4.74 Å². The molecule has 6 heteroatoms. The molecule has 1 fully saturated rings. The number of methoxy groups -OCH3 is 1. The highest BCUT2D eigenvalue weighted by Crippen LogP contribution is 2.11. The van der Waals surface area contributed by atoms with Crippen molar-refractivity contribution in [2.45, 2.75) is 64.5 Å². The fourth-order valence-corrected chi connectivity index (χ4v) is 2.56. The van der Waals surface area contributed by atoms with Gasteiger partial charge in [0.1, 0.15) is 0 Å². The Balaban J connectivity index is 2.19. The van der Waals surface area contributed by atoms with Crippen molar-refractivity contribution in [3.05, 3.63) is 0 Å². The lowest BCUT2D eigenvalue weighted by atomic mass is 10.1. The summed E-state index contributed by atoms with van der Waals surface area (Å²) < 4.78 is 4.69. The highest BCUT2D eigenvalue weighted by molar-refractivity contribution is 5.74. The average Bonchev–Trinajstić information content (AvgIpc) is 2.47. The molecule has 0 radical (unpaired) electrons. The molecule has 1 atom stereocenters. The molecule has 21 heavy (non-hydrogen) atoms. The van der Waals surface area contributed by atoms with E-state index < -0.39 is 0 Å². The molecule has 0 aliphatic carbocycles. The molecule has 1 rings (SSSR count). The van der Waals surface area contributed by atoms with E-state index in [0.29, 0.717) is 13.1 Å². The van der Waals surface area contributed by atoms with Crippen LogP contribution in [0.5, 0.6) is 0 Å². The van der Waals surface area contributed by atoms with Gasteiger partial charge in [-0.2, -0.15) is 0 Å². The Labute approximate surface area is 127 Å². The minimum absolute atomic E-state index is 0.101. The molecule has 1 aliphatic heterocycles. The third-order valence-electron chi connectivity index (χ3n) is 3.88. The van der Waals surface area contributed by atoms with Gasteiger partial charge < -0.3 is 20.3 Å². The minimum atomic E-state index is -0.289. The first-order chi connectivity index (χ1) is 10.1. The standard InChI is InChI=1S/C15H29N3O3/c1-4-5-6-7-12(2)16-14(19)17-13-8-10-18(11-9-13)15(20)21-3/h12-13H,4-11H2,1-3H3,(H2,16,17,19). The van der Waals surface area contributed by atoms with Gasteiger partial charge in [0.25, 0.3) is 0 Å². The number of hydrogen-bond acceptors (Lipinski definition) is 3. The molecule has 1 unspecified atom stereocenters. The third kappa shape index (κ3) is 6.69. The second-order valence-electron chi connectivity index (χ2n) is 5.75. The van der Waals surface area contributed by atoms with E-state index in [0.717, 1.165) is 25.7 Å². The van der Waals surface area contributed by atoms with Gasteiger partial charge in [-0.3, -0.25) is 0 Å². The van der Waals surface area contributed by atoms with Gasteiger partial charge in [-0.25, -0.2) is 9.59 Å². The number of carbonyl (C=O) groups excluding carboxylic acids is 2. The molecule has 1 aliphatic rings. The lowest BCUT2D eigenvalue weighted by Crippen LogP contribution is -2.50. The Kier molecular flexibility index (Phi) is 7.93. The number of unbranched alkanes of at least 4 members (excludes halogenated alkanes) is 2. The number of piperidine rings is 1. The summed E-state index contributed by atoms with van der Waals surface area (Å²) in [6.45, 7) is 5.47. The van der Waals surface area contributed by atoms with E-state index in [2.05, 4.69) is 17.6 Å². The highest BCUT2D eigenvalue weighted by atomic mass is 16.5. The summed E-state index contributed by atoms with van der Waals surface area (Å²) in [5.74, 6) is 0. The topological polar surface area (TPSA) is 70.7 Å². The SMILES string of the molecule is CCCCCC(C)NC(=O)NC1CCN(C(=O)OC)CC1. The Morgan fingerprint density at radius 3 is 2.52 bits per heavy atom. The molecular weight excluding hydrogens is 270 g/mol. The number of nitrogens with zero attached hydrogens (tertiary/aromatic N) is 1. The van der Waals surface area contributed by atoms with Crippen LogP contribution in [0.25, 0.3) is 0 Å². The molecule has 1 heterocycles. The molecule has 1 saturated heterocycles. The van der Waals surface area contributed by atoms with Crippen molar-refractivity contribution in [1.29, 1.82) is 0 Å². The van der Waals surface area contributed by atoms with E-state index in [9.17, 15) is 9.59 Å². The van der Waals surface area contributed by atoms with Crippen molar-refractivity contribution in [1.82, 2.24) is 15.5 Å². The van der Waals surface area contributed by atoms with Crippen LogP contribution in [0.4, 0.5) is 9.59 Å². The molecule has 0 aromatic heterocycles. The largest absolute Gasteiger partial charge is 0.453 e. The van der Waals surface area contributed by atoms with Gasteiger partial charge in [-0.15, -0.1) is 0 Å². The van der Waals surface area contributed by atoms with Crippen LogP contribution in [-0.4, -0.2) is 49.3 Å². The lowest BCUT2D eigenvalue weighted by molar-refractivity contribution is 0.110. The van der Waals surface area contributed by atoms with E-state index in [1.165, 1.54) is 20.0 Å². The predicted octanol–water partition coefficient (Wildman–Crippen LogP) is 2.49. The summed E-state index contributed by atoms with van der Waals surface area (Å²) in [5.41, 5.74) is 0. The van der Waals surface area contributed by atoms with Crippen LogP contribution < -0.4 is 10.6 Å². The van der Waals surface area contributed by atoms with E-state index in [4.69, 9.17) is 4.74 Å². The van der Waals surface area contributed by atoms with Crippen LogP contribution in [0.3, 0.4) is 0 Å². The van der Waals surface area contributed by atoms with Crippen molar-refractivity contribution >= 4 is 12.1 Å². The zero-order valence-electron chi connectivity index (χ0n) is 13.5. The summed E-state index contributed by atoms with van der Waals surface area (Å²) in [7, 11) is 1.39. The summed E-state index contributed by atoms with van der Waals surface area (Å²) >= 11 is 0. The van der Waals surface area contributed by atoms with Crippen LogP contribution in [0, 0.1) is 0 Å². The molecule has 6 nitrogen and oxygen atoms in total. The normalized spacial score (nSPS) is 17.2. The van der Waals surface area contributed by atoms with Crippen LogP contribution in [0.2, 0.25) is 0 Å². The maximum absolute atomic E-state index is 11.9. The highest BCUT2D eigenvalue weighted by Gasteiger charge is 2.24. The Bertz CT molecular complexity index is 328. The van der Waals surface area contributed by atoms with Gasteiger partial charge in [0, 0.05) is 25.2 Å². The van der Waals surface area contributed by atoms with Crippen LogP contribution in [0.1, 0.15) is 52.4 Å². The molecule has 122 valence electrons. The molecule has 0 spiro atoms. The predicted molar refractivity (Wildman–Crippen MR) is 82.3 cm³/mol. The zero-order valence-corrected chi connectivity index (χ0v) is 13.5. The van der Waals surface area contributed by atoms with Crippen molar-refractivity contribution < 1.29 is 14.3 Å². The van der Waals surface area contributed by atoms with Gasteiger partial charge in [-0.1, -0.05) is 26.2 Å². The summed E-state index contributed by atoms with van der Waals surface area (Å²) in [6.07, 6.45) is 5.82. The Hall–Kier alpha value is -1.46. The molecule has 0 aromatic carbocycles. The van der Waals surface area contributed by atoms with Crippen molar-refractivity contribution in [2.24, 2.45) is 0 Å². The van der Waals surface area contributed by atoms with E-state index in [1.807, 2.05) is 6.92 Å². The number of amides is 3. The van der Waals surface area contributed by atoms with E-state index in [1.54, 1.807) is 4.90 Å². The minimum Gasteiger partial charge on any atom is -0.453 e. The summed E-state index contributed by atoms with van der Waals surface area (Å²) in [6, 6.07) is 0.232. The van der Waals surface area contributed by atoms with E-state index >= 15 is 0 Å². The number of rotatable bonds is 6. The summed E-state index contributed by atoms with van der Waals surface area (Å²) in [5, 5.41) is 5.96. The van der Waals surface area contributed by atoms with E-state index in [-0.39, 0.29) is 24.2 Å². The van der Waals surface area contributed by atoms with Gasteiger partial charge >= 0.3 is 12.1 Å². The quantitative estimate of drug-likeness (QED) is 0.740. The van der Waals surface area contributed by atoms with Crippen molar-refractivity contribution in [3.63, 3.8) is 0 Å². The van der Waals surface area contributed by atoms with Gasteiger partial charge in [0.2, 0.25) is 0 Å². The van der Waals surface area contributed by atoms with Gasteiger partial charge in [-0.05, 0) is 26.2 Å². The maximum Gasteiger partial charge on any atom is 0.409 e. The molecule has 0 aromatic rings. The first-order valence-corrected chi connectivity index (χ1v) is 7.96. The first kappa shape index (κ1) is 17.6. The number of carbonyl (C=O) groups is 2. The first-order valence-electron chi connectivity index (χ1n) is 7.96. The second-order valence-corrected chi connectivity index (χ2v) is 5.75. The Morgan fingerprint density at radius 2 is 1.95 bits per heavy atom. The molecule has 0 saturated carbocycles. The van der Waals surface area contributed by atoms with Crippen molar-refractivity contribution in [3.8, 4) is 0 Å². The van der Waals surface area contributed by atoms with Crippen LogP contribution >= 0.6 is 0 Å². The average molecular weight is 299 g/mol. The monoisotopic (exact) mass is 299 g/mol. The zero-order chi connectivity index (χ0) is 15.7. The number of likely N-dealkylation sites (tertiary alicyclic amines) is 1. The molecule has 0 bridgehead atoms. The second kappa shape index (κ2) is 9.47. The number of ether oxygens (including phenoxy) is 1. The van der Waals surface area contributed by atoms with Gasteiger partial charge in [0.15, 0.2) is 0 Å².